The van der Waals surface area contributed by atoms with E-state index < -0.39 is 11.7 Å². The number of benzene rings is 1. The Labute approximate surface area is 103 Å². The monoisotopic (exact) mass is 314 g/mol. The van der Waals surface area contributed by atoms with Crippen LogP contribution in [0, 0.1) is 0 Å². The van der Waals surface area contributed by atoms with Crippen LogP contribution in [0.4, 0.5) is 18.9 Å². The molecule has 0 aliphatic heterocycles. The van der Waals surface area contributed by atoms with Crippen LogP contribution in [0.2, 0.25) is 0 Å². The van der Waals surface area contributed by atoms with Gasteiger partial charge in [0.25, 0.3) is 0 Å². The van der Waals surface area contributed by atoms with Gasteiger partial charge in [-0.15, -0.1) is 11.6 Å². The number of amidine groups is 1. The van der Waals surface area contributed by atoms with Gasteiger partial charge in [0.05, 0.1) is 17.1 Å². The number of hydrogen-bond donors (Lipinski definition) is 1. The Morgan fingerprint density at radius 3 is 2.56 bits per heavy atom. The van der Waals surface area contributed by atoms with Gasteiger partial charge in [-0.3, -0.25) is 0 Å². The summed E-state index contributed by atoms with van der Waals surface area (Å²) in [5.74, 6) is 0.0181. The van der Waals surface area contributed by atoms with Crippen LogP contribution in [-0.4, -0.2) is 11.7 Å². The Kier molecular flexibility index (Phi) is 4.21. The summed E-state index contributed by atoms with van der Waals surface area (Å²) in [6, 6.07) is 3.13. The maximum absolute atomic E-state index is 12.4. The molecule has 0 saturated carbocycles. The van der Waals surface area contributed by atoms with Crippen molar-refractivity contribution in [1.29, 1.82) is 0 Å². The van der Waals surface area contributed by atoms with Gasteiger partial charge in [0.15, 0.2) is 0 Å². The molecular formula is C9H7BrClF3N2. The van der Waals surface area contributed by atoms with Gasteiger partial charge in [-0.1, -0.05) is 0 Å². The maximum Gasteiger partial charge on any atom is 0.416 e. The Balaban J connectivity index is 3.19. The Bertz CT molecular complexity index is 418. The molecule has 2 N–H and O–H groups in total. The van der Waals surface area contributed by atoms with Gasteiger partial charge in [-0.05, 0) is 34.1 Å². The minimum Gasteiger partial charge on any atom is -0.386 e. The van der Waals surface area contributed by atoms with E-state index in [9.17, 15) is 13.2 Å². The average molecular weight is 316 g/mol. The van der Waals surface area contributed by atoms with E-state index in [1.165, 1.54) is 6.07 Å². The highest BCUT2D eigenvalue weighted by atomic mass is 79.9. The lowest BCUT2D eigenvalue weighted by Crippen LogP contribution is -2.12. The molecule has 7 heteroatoms. The molecule has 0 atom stereocenters. The first-order valence-electron chi connectivity index (χ1n) is 4.10. The predicted molar refractivity (Wildman–Crippen MR) is 61.1 cm³/mol. The Morgan fingerprint density at radius 2 is 2.06 bits per heavy atom. The molecule has 0 aromatic heterocycles. The molecular weight excluding hydrogens is 308 g/mol. The summed E-state index contributed by atoms with van der Waals surface area (Å²) in [7, 11) is 0. The largest absolute Gasteiger partial charge is 0.416 e. The fraction of sp³-hybridized carbons (Fsp3) is 0.222. The second-order valence-corrected chi connectivity index (χ2v) is 4.02. The first-order valence-corrected chi connectivity index (χ1v) is 5.43. The fourth-order valence-corrected chi connectivity index (χ4v) is 1.35. The predicted octanol–water partition coefficient (Wildman–Crippen LogP) is 3.70. The Hall–Kier alpha value is -0.750. The third-order valence-electron chi connectivity index (χ3n) is 1.67. The van der Waals surface area contributed by atoms with Crippen LogP contribution < -0.4 is 5.73 Å². The number of alkyl halides is 4. The highest BCUT2D eigenvalue weighted by molar-refractivity contribution is 9.10. The zero-order valence-electron chi connectivity index (χ0n) is 7.85. The lowest BCUT2D eigenvalue weighted by atomic mass is 10.2. The molecule has 0 radical (unpaired) electrons. The molecule has 1 aromatic carbocycles. The standard InChI is InChI=1S/C9H7BrClF3N2/c10-6-2-1-5(9(12,13)14)3-7(6)16-8(15)4-11/h1-3H,4H2,(H2,15,16). The number of aliphatic imine (C=N–C) groups is 1. The maximum atomic E-state index is 12.4. The minimum atomic E-state index is -4.40. The number of rotatable bonds is 2. The van der Waals surface area contributed by atoms with E-state index in [1.54, 1.807) is 0 Å². The molecule has 16 heavy (non-hydrogen) atoms. The number of hydrogen-bond acceptors (Lipinski definition) is 1. The van der Waals surface area contributed by atoms with Gasteiger partial charge >= 0.3 is 6.18 Å². The summed E-state index contributed by atoms with van der Waals surface area (Å²) in [6.07, 6.45) is -4.40. The molecule has 1 aromatic rings. The van der Waals surface area contributed by atoms with Gasteiger partial charge < -0.3 is 5.73 Å². The third-order valence-corrected chi connectivity index (χ3v) is 2.62. The molecule has 0 saturated heterocycles. The van der Waals surface area contributed by atoms with E-state index in [1.807, 2.05) is 0 Å². The first-order chi connectivity index (χ1) is 7.34. The smallest absolute Gasteiger partial charge is 0.386 e. The van der Waals surface area contributed by atoms with Crippen molar-refractivity contribution in [2.45, 2.75) is 6.18 Å². The van der Waals surface area contributed by atoms with Crippen LogP contribution in [0.5, 0.6) is 0 Å². The van der Waals surface area contributed by atoms with E-state index in [-0.39, 0.29) is 17.4 Å². The zero-order chi connectivity index (χ0) is 12.3. The van der Waals surface area contributed by atoms with Gasteiger partial charge in [0.1, 0.15) is 5.84 Å². The minimum absolute atomic E-state index is 0.0390. The van der Waals surface area contributed by atoms with Crippen LogP contribution >= 0.6 is 27.5 Å². The molecule has 2 nitrogen and oxygen atoms in total. The van der Waals surface area contributed by atoms with E-state index in [2.05, 4.69) is 20.9 Å². The summed E-state index contributed by atoms with van der Waals surface area (Å²) >= 11 is 8.47. The number of halogens is 5. The van der Waals surface area contributed by atoms with Crippen LogP contribution in [0.1, 0.15) is 5.56 Å². The second kappa shape index (κ2) is 5.05. The average Bonchev–Trinajstić information content (AvgIpc) is 2.19. The fourth-order valence-electron chi connectivity index (χ4n) is 0.959. The molecule has 0 heterocycles. The number of nitrogens with two attached hydrogens (primary N) is 1. The van der Waals surface area contributed by atoms with E-state index in [4.69, 9.17) is 17.3 Å². The third kappa shape index (κ3) is 3.38. The zero-order valence-corrected chi connectivity index (χ0v) is 10.2. The summed E-state index contributed by atoms with van der Waals surface area (Å²) in [6.45, 7) is 0. The van der Waals surface area contributed by atoms with Gasteiger partial charge in [-0.25, -0.2) is 4.99 Å². The lowest BCUT2D eigenvalue weighted by Gasteiger charge is -2.08. The summed E-state index contributed by atoms with van der Waals surface area (Å²) in [4.78, 5) is 3.77. The molecule has 0 spiro atoms. The normalized spacial score (nSPS) is 12.9. The van der Waals surface area contributed by atoms with Crippen molar-refractivity contribution in [3.05, 3.63) is 28.2 Å². The van der Waals surface area contributed by atoms with Gasteiger partial charge in [0.2, 0.25) is 0 Å². The summed E-state index contributed by atoms with van der Waals surface area (Å²) in [5, 5.41) is 0. The van der Waals surface area contributed by atoms with Crippen LogP contribution in [0.25, 0.3) is 0 Å². The highest BCUT2D eigenvalue weighted by Gasteiger charge is 2.30. The molecule has 0 bridgehead atoms. The van der Waals surface area contributed by atoms with Crippen molar-refractivity contribution in [3.63, 3.8) is 0 Å². The molecule has 0 aliphatic carbocycles. The molecule has 0 unspecified atom stereocenters. The SMILES string of the molecule is NC(CCl)=Nc1cc(C(F)(F)F)ccc1Br. The van der Waals surface area contributed by atoms with E-state index >= 15 is 0 Å². The van der Waals surface area contributed by atoms with Crippen LogP contribution in [0.15, 0.2) is 27.7 Å². The van der Waals surface area contributed by atoms with Crippen molar-refractivity contribution in [2.24, 2.45) is 10.7 Å². The molecule has 0 fully saturated rings. The second-order valence-electron chi connectivity index (χ2n) is 2.90. The van der Waals surface area contributed by atoms with Gasteiger partial charge in [0, 0.05) is 4.47 Å². The summed E-state index contributed by atoms with van der Waals surface area (Å²) in [5.41, 5.74) is 4.67. The Morgan fingerprint density at radius 1 is 1.44 bits per heavy atom. The van der Waals surface area contributed by atoms with Gasteiger partial charge in [-0.2, -0.15) is 13.2 Å². The van der Waals surface area contributed by atoms with Crippen molar-refractivity contribution < 1.29 is 13.2 Å². The van der Waals surface area contributed by atoms with Crippen LogP contribution in [0.3, 0.4) is 0 Å². The molecule has 0 aliphatic rings. The number of nitrogens with zero attached hydrogens (tertiary/aromatic N) is 1. The molecule has 0 amide bonds. The molecule has 88 valence electrons. The van der Waals surface area contributed by atoms with Crippen molar-refractivity contribution in [2.75, 3.05) is 5.88 Å². The van der Waals surface area contributed by atoms with Crippen molar-refractivity contribution in [1.82, 2.24) is 0 Å². The van der Waals surface area contributed by atoms with E-state index in [0.29, 0.717) is 4.47 Å². The quantitative estimate of drug-likeness (QED) is 0.504. The van der Waals surface area contributed by atoms with Crippen molar-refractivity contribution in [3.8, 4) is 0 Å². The highest BCUT2D eigenvalue weighted by Crippen LogP contribution is 2.35. The lowest BCUT2D eigenvalue weighted by molar-refractivity contribution is -0.137. The molecule has 1 rings (SSSR count). The van der Waals surface area contributed by atoms with Crippen molar-refractivity contribution >= 4 is 39.1 Å². The summed E-state index contributed by atoms with van der Waals surface area (Å²) < 4.78 is 37.6. The van der Waals surface area contributed by atoms with E-state index in [0.717, 1.165) is 12.1 Å². The first kappa shape index (κ1) is 13.3. The van der Waals surface area contributed by atoms with Crippen LogP contribution in [-0.2, 0) is 6.18 Å². The topological polar surface area (TPSA) is 38.4 Å².